The third-order valence-electron chi connectivity index (χ3n) is 6.63. The lowest BCUT2D eigenvalue weighted by Gasteiger charge is -2.17. The quantitative estimate of drug-likeness (QED) is 0.373. The maximum atomic E-state index is 13.1. The number of esters is 2. The number of anilines is 2. The van der Waals surface area contributed by atoms with E-state index in [2.05, 4.69) is 5.32 Å². The van der Waals surface area contributed by atoms with Crippen LogP contribution in [0, 0.1) is 13.8 Å². The summed E-state index contributed by atoms with van der Waals surface area (Å²) in [7, 11) is 1.28. The zero-order valence-corrected chi connectivity index (χ0v) is 21.8. The first-order valence-corrected chi connectivity index (χ1v) is 12.8. The molecule has 2 aromatic carbocycles. The molecule has 1 N–H and O–H groups in total. The Kier molecular flexibility index (Phi) is 6.58. The van der Waals surface area contributed by atoms with Crippen molar-refractivity contribution in [3.63, 3.8) is 0 Å². The highest BCUT2D eigenvalue weighted by atomic mass is 32.1. The van der Waals surface area contributed by atoms with Crippen LogP contribution in [0.15, 0.2) is 36.4 Å². The lowest BCUT2D eigenvalue weighted by Crippen LogP contribution is -2.30. The molecule has 2 aliphatic rings. The van der Waals surface area contributed by atoms with E-state index < -0.39 is 36.3 Å². The van der Waals surface area contributed by atoms with Gasteiger partial charge in [0, 0.05) is 4.88 Å². The maximum Gasteiger partial charge on any atom is 0.341 e. The second kappa shape index (κ2) is 9.86. The van der Waals surface area contributed by atoms with Crippen molar-refractivity contribution in [2.24, 2.45) is 0 Å². The molecule has 0 fully saturated rings. The molecule has 10 heteroatoms. The molecule has 1 aromatic heterocycles. The van der Waals surface area contributed by atoms with Crippen molar-refractivity contribution in [1.29, 1.82) is 0 Å². The molecule has 0 bridgehead atoms. The van der Waals surface area contributed by atoms with Crippen molar-refractivity contribution in [3.8, 4) is 0 Å². The van der Waals surface area contributed by atoms with Gasteiger partial charge < -0.3 is 14.8 Å². The minimum absolute atomic E-state index is 0.0332. The number of methoxy groups -OCH3 is 1. The zero-order chi connectivity index (χ0) is 27.1. The second-order valence-electron chi connectivity index (χ2n) is 9.17. The average molecular weight is 533 g/mol. The molecule has 2 heterocycles. The molecule has 5 rings (SSSR count). The summed E-state index contributed by atoms with van der Waals surface area (Å²) in [5, 5.41) is 3.02. The van der Waals surface area contributed by atoms with Crippen LogP contribution in [0.25, 0.3) is 0 Å². The van der Waals surface area contributed by atoms with Crippen molar-refractivity contribution in [2.45, 2.75) is 33.1 Å². The monoisotopic (exact) mass is 532 g/mol. The smallest absolute Gasteiger partial charge is 0.341 e. The van der Waals surface area contributed by atoms with E-state index in [0.717, 1.165) is 45.7 Å². The molecule has 38 heavy (non-hydrogen) atoms. The molecule has 0 saturated heterocycles. The molecule has 1 aliphatic carbocycles. The van der Waals surface area contributed by atoms with E-state index in [0.29, 0.717) is 16.3 Å². The van der Waals surface area contributed by atoms with Crippen molar-refractivity contribution in [2.75, 3.05) is 23.9 Å². The highest BCUT2D eigenvalue weighted by molar-refractivity contribution is 7.17. The third-order valence-corrected chi connectivity index (χ3v) is 7.83. The van der Waals surface area contributed by atoms with Gasteiger partial charge in [-0.15, -0.1) is 11.3 Å². The Morgan fingerprint density at radius 2 is 1.74 bits per heavy atom. The van der Waals surface area contributed by atoms with Crippen LogP contribution in [0.4, 0.5) is 10.7 Å². The number of fused-ring (bicyclic) bond motifs is 2. The Balaban J connectivity index is 1.28. The van der Waals surface area contributed by atoms with Crippen LogP contribution in [0.2, 0.25) is 0 Å². The Morgan fingerprint density at radius 3 is 2.50 bits per heavy atom. The van der Waals surface area contributed by atoms with Gasteiger partial charge in [-0.3, -0.25) is 14.4 Å². The zero-order valence-electron chi connectivity index (χ0n) is 21.0. The number of ether oxygens (including phenoxy) is 2. The van der Waals surface area contributed by atoms with Gasteiger partial charge in [0.05, 0.1) is 35.1 Å². The number of amides is 3. The van der Waals surface area contributed by atoms with Crippen LogP contribution in [-0.2, 0) is 27.1 Å². The Hall–Kier alpha value is -4.31. The molecule has 0 atom stereocenters. The number of carbonyl (C=O) groups excluding carboxylic acids is 5. The highest BCUT2D eigenvalue weighted by Gasteiger charge is 2.38. The minimum Gasteiger partial charge on any atom is -0.465 e. The number of hydrogen-bond acceptors (Lipinski definition) is 8. The first kappa shape index (κ1) is 25.3. The third kappa shape index (κ3) is 4.37. The number of rotatable bonds is 6. The minimum atomic E-state index is -0.824. The summed E-state index contributed by atoms with van der Waals surface area (Å²) in [6.07, 6.45) is 2.51. The van der Waals surface area contributed by atoms with Gasteiger partial charge in [0.2, 0.25) is 0 Å². The van der Waals surface area contributed by atoms with E-state index in [9.17, 15) is 24.0 Å². The van der Waals surface area contributed by atoms with Crippen molar-refractivity contribution < 1.29 is 33.4 Å². The van der Waals surface area contributed by atoms with Crippen LogP contribution < -0.4 is 10.2 Å². The lowest BCUT2D eigenvalue weighted by molar-refractivity contribution is -0.119. The topological polar surface area (TPSA) is 119 Å². The predicted molar refractivity (Wildman–Crippen MR) is 140 cm³/mol. The number of imide groups is 1. The van der Waals surface area contributed by atoms with E-state index in [4.69, 9.17) is 9.47 Å². The number of nitrogens with one attached hydrogen (secondary N) is 1. The van der Waals surface area contributed by atoms with Gasteiger partial charge >= 0.3 is 11.9 Å². The fraction of sp³-hybridized carbons (Fsp3) is 0.250. The summed E-state index contributed by atoms with van der Waals surface area (Å²) in [5.41, 5.74) is 3.70. The van der Waals surface area contributed by atoms with E-state index in [1.165, 1.54) is 36.6 Å². The Bertz CT molecular complexity index is 1540. The van der Waals surface area contributed by atoms with Gasteiger partial charge in [0.25, 0.3) is 17.7 Å². The van der Waals surface area contributed by atoms with Crippen molar-refractivity contribution >= 4 is 51.7 Å². The lowest BCUT2D eigenvalue weighted by atomic mass is 10.1. The van der Waals surface area contributed by atoms with E-state index in [1.54, 1.807) is 6.07 Å². The van der Waals surface area contributed by atoms with Crippen LogP contribution >= 0.6 is 11.3 Å². The molecule has 0 spiro atoms. The number of nitrogens with zero attached hydrogens (tertiary/aromatic N) is 1. The van der Waals surface area contributed by atoms with Gasteiger partial charge in [-0.1, -0.05) is 12.1 Å². The molecule has 0 saturated carbocycles. The van der Waals surface area contributed by atoms with Crippen LogP contribution in [0.1, 0.15) is 69.4 Å². The number of hydrogen-bond donors (Lipinski definition) is 1. The molecular weight excluding hydrogens is 508 g/mol. The largest absolute Gasteiger partial charge is 0.465 e. The number of carbonyl (C=O) groups is 5. The summed E-state index contributed by atoms with van der Waals surface area (Å²) in [6.45, 7) is 3.08. The fourth-order valence-corrected chi connectivity index (χ4v) is 6.03. The molecule has 0 unspecified atom stereocenters. The summed E-state index contributed by atoms with van der Waals surface area (Å²) in [4.78, 5) is 65.8. The molecule has 194 valence electrons. The summed E-state index contributed by atoms with van der Waals surface area (Å²) in [5.74, 6) is -2.97. The number of benzene rings is 2. The standard InChI is InChI=1S/C28H24N2O7S/c1-14-7-8-15(2)20(11-14)30-25(32)17-10-9-16(12-19(17)26(30)33)27(34)37-13-22(31)29-24-23(28(35)36-3)18-5-4-6-21(18)38-24/h7-12H,4-6,13H2,1-3H3,(H,29,31). The van der Waals surface area contributed by atoms with Crippen LogP contribution in [0.3, 0.4) is 0 Å². The fourth-order valence-electron chi connectivity index (χ4n) is 4.73. The predicted octanol–water partition coefficient (Wildman–Crippen LogP) is 4.24. The SMILES string of the molecule is COC(=O)c1c(NC(=O)COC(=O)c2ccc3c(c2)C(=O)N(c2cc(C)ccc2C)C3=O)sc2c1CCC2. The average Bonchev–Trinajstić information content (AvgIpc) is 3.55. The maximum absolute atomic E-state index is 13.1. The van der Waals surface area contributed by atoms with Crippen LogP contribution in [0.5, 0.6) is 0 Å². The number of aryl methyl sites for hydroxylation is 3. The summed E-state index contributed by atoms with van der Waals surface area (Å²) < 4.78 is 10.0. The first-order chi connectivity index (χ1) is 18.2. The molecule has 1 aliphatic heterocycles. The van der Waals surface area contributed by atoms with Crippen LogP contribution in [-0.4, -0.2) is 43.4 Å². The van der Waals surface area contributed by atoms with Gasteiger partial charge in [-0.05, 0) is 74.1 Å². The second-order valence-corrected chi connectivity index (χ2v) is 10.3. The van der Waals surface area contributed by atoms with Gasteiger partial charge in [0.1, 0.15) is 5.00 Å². The van der Waals surface area contributed by atoms with Crippen molar-refractivity contribution in [3.05, 3.63) is 80.2 Å². The van der Waals surface area contributed by atoms with E-state index in [1.807, 2.05) is 26.0 Å². The molecule has 3 amide bonds. The van der Waals surface area contributed by atoms with Gasteiger partial charge in [-0.2, -0.15) is 0 Å². The first-order valence-electron chi connectivity index (χ1n) is 12.0. The van der Waals surface area contributed by atoms with Crippen molar-refractivity contribution in [1.82, 2.24) is 0 Å². The van der Waals surface area contributed by atoms with E-state index >= 15 is 0 Å². The molecule has 0 radical (unpaired) electrons. The van der Waals surface area contributed by atoms with Gasteiger partial charge in [-0.25, -0.2) is 14.5 Å². The summed E-state index contributed by atoms with van der Waals surface area (Å²) in [6, 6.07) is 9.59. The Labute approximate surface area is 222 Å². The molecular formula is C28H24N2O7S. The number of thiophene rings is 1. The Morgan fingerprint density at radius 1 is 0.974 bits per heavy atom. The summed E-state index contributed by atoms with van der Waals surface area (Å²) >= 11 is 1.32. The highest BCUT2D eigenvalue weighted by Crippen LogP contribution is 2.39. The molecule has 9 nitrogen and oxygen atoms in total. The normalized spacial score (nSPS) is 13.8. The van der Waals surface area contributed by atoms with Gasteiger partial charge in [0.15, 0.2) is 6.61 Å². The van der Waals surface area contributed by atoms with E-state index in [-0.39, 0.29) is 16.7 Å². The molecule has 3 aromatic rings.